The van der Waals surface area contributed by atoms with Crippen LogP contribution < -0.4 is 10.1 Å². The molecule has 3 aromatic carbocycles. The number of ether oxygens (including phenoxy) is 1. The van der Waals surface area contributed by atoms with Gasteiger partial charge in [0.15, 0.2) is 0 Å². The molecule has 0 saturated heterocycles. The van der Waals surface area contributed by atoms with E-state index in [0.29, 0.717) is 16.3 Å². The van der Waals surface area contributed by atoms with Crippen LogP contribution in [-0.2, 0) is 6.54 Å². The van der Waals surface area contributed by atoms with E-state index in [2.05, 4.69) is 10.3 Å². The Hall–Kier alpha value is -3.97. The maximum atomic E-state index is 13.0. The fourth-order valence-corrected chi connectivity index (χ4v) is 4.62. The third-order valence-electron chi connectivity index (χ3n) is 5.47. The molecule has 0 saturated carbocycles. The Bertz CT molecular complexity index is 1360. The van der Waals surface area contributed by atoms with Crippen LogP contribution in [0.4, 0.5) is 0 Å². The minimum Gasteiger partial charge on any atom is -0.497 e. The van der Waals surface area contributed by atoms with Gasteiger partial charge in [-0.05, 0) is 54.8 Å². The van der Waals surface area contributed by atoms with Gasteiger partial charge >= 0.3 is 5.97 Å². The first-order chi connectivity index (χ1) is 16.4. The Kier molecular flexibility index (Phi) is 6.75. The average Bonchev–Trinajstić information content (AvgIpc) is 3.24. The van der Waals surface area contributed by atoms with Crippen molar-refractivity contribution >= 4 is 23.2 Å². The van der Waals surface area contributed by atoms with Gasteiger partial charge in [0.25, 0.3) is 5.91 Å². The Balaban J connectivity index is 1.59. The van der Waals surface area contributed by atoms with Crippen molar-refractivity contribution in [1.29, 1.82) is 0 Å². The summed E-state index contributed by atoms with van der Waals surface area (Å²) in [6.07, 6.45) is 0. The molecular formula is C27H24N2O4S. The summed E-state index contributed by atoms with van der Waals surface area (Å²) in [7, 11) is 1.58. The molecule has 0 spiro atoms. The molecule has 4 rings (SSSR count). The van der Waals surface area contributed by atoms with Gasteiger partial charge in [-0.15, -0.1) is 11.3 Å². The van der Waals surface area contributed by atoms with E-state index in [-0.39, 0.29) is 18.0 Å². The third kappa shape index (κ3) is 5.00. The van der Waals surface area contributed by atoms with Gasteiger partial charge < -0.3 is 15.2 Å². The molecule has 7 heteroatoms. The fourth-order valence-electron chi connectivity index (χ4n) is 3.63. The summed E-state index contributed by atoms with van der Waals surface area (Å²) in [6, 6.07) is 20.3. The number of benzene rings is 3. The molecule has 0 aliphatic heterocycles. The molecule has 1 aromatic heterocycles. The highest BCUT2D eigenvalue weighted by Gasteiger charge is 2.17. The maximum Gasteiger partial charge on any atom is 0.335 e. The highest BCUT2D eigenvalue weighted by atomic mass is 32.1. The van der Waals surface area contributed by atoms with Crippen molar-refractivity contribution in [3.63, 3.8) is 0 Å². The standard InChI is InChI=1S/C27H24N2O4S/c1-16-7-9-18(10-8-16)26-29-17(2)24(34-26)25(30)28-15-21-14-22(33-3)11-12-23(21)19-5-4-6-20(13-19)27(31)32/h4-14H,15H2,1-3H3,(H,28,30)(H,31,32). The number of aromatic nitrogens is 1. The van der Waals surface area contributed by atoms with Gasteiger partial charge in [-0.2, -0.15) is 0 Å². The zero-order valence-electron chi connectivity index (χ0n) is 19.1. The Labute approximate surface area is 201 Å². The Morgan fingerprint density at radius 1 is 1.00 bits per heavy atom. The van der Waals surface area contributed by atoms with Crippen LogP contribution in [0.5, 0.6) is 5.75 Å². The Morgan fingerprint density at radius 3 is 2.47 bits per heavy atom. The topological polar surface area (TPSA) is 88.5 Å². The minimum atomic E-state index is -0.990. The first-order valence-corrected chi connectivity index (χ1v) is 11.5. The van der Waals surface area contributed by atoms with E-state index in [9.17, 15) is 14.7 Å². The molecule has 6 nitrogen and oxygen atoms in total. The normalized spacial score (nSPS) is 10.7. The number of carbonyl (C=O) groups excluding carboxylic acids is 1. The number of nitrogens with zero attached hydrogens (tertiary/aromatic N) is 1. The van der Waals surface area contributed by atoms with Crippen LogP contribution in [0.2, 0.25) is 0 Å². The van der Waals surface area contributed by atoms with Crippen molar-refractivity contribution in [2.24, 2.45) is 0 Å². The van der Waals surface area contributed by atoms with Crippen LogP contribution in [0.25, 0.3) is 21.7 Å². The SMILES string of the molecule is COc1ccc(-c2cccc(C(=O)O)c2)c(CNC(=O)c2sc(-c3ccc(C)cc3)nc2C)c1. The number of carboxylic acids is 1. The molecule has 0 atom stereocenters. The van der Waals surface area contributed by atoms with Gasteiger partial charge in [-0.3, -0.25) is 4.79 Å². The number of carbonyl (C=O) groups is 2. The molecule has 0 radical (unpaired) electrons. The molecule has 0 unspecified atom stereocenters. The summed E-state index contributed by atoms with van der Waals surface area (Å²) < 4.78 is 5.36. The highest BCUT2D eigenvalue weighted by molar-refractivity contribution is 7.17. The predicted octanol–water partition coefficient (Wildman–Crippen LogP) is 5.73. The summed E-state index contributed by atoms with van der Waals surface area (Å²) in [6.45, 7) is 4.11. The number of hydrogen-bond acceptors (Lipinski definition) is 5. The number of thiazole rings is 1. The number of carboxylic acid groups (broad SMARTS) is 1. The van der Waals surface area contributed by atoms with Gasteiger partial charge in [-0.25, -0.2) is 9.78 Å². The van der Waals surface area contributed by atoms with Crippen LogP contribution in [0.1, 0.15) is 36.9 Å². The summed E-state index contributed by atoms with van der Waals surface area (Å²) in [5.41, 5.74) is 5.42. The second-order valence-corrected chi connectivity index (χ2v) is 8.89. The largest absolute Gasteiger partial charge is 0.497 e. The third-order valence-corrected chi connectivity index (χ3v) is 6.68. The van der Waals surface area contributed by atoms with Gasteiger partial charge in [-0.1, -0.05) is 48.0 Å². The van der Waals surface area contributed by atoms with Crippen molar-refractivity contribution in [2.45, 2.75) is 20.4 Å². The lowest BCUT2D eigenvalue weighted by Crippen LogP contribution is -2.23. The molecule has 0 bridgehead atoms. The van der Waals surface area contributed by atoms with Gasteiger partial charge in [0, 0.05) is 12.1 Å². The van der Waals surface area contributed by atoms with Crippen molar-refractivity contribution in [2.75, 3.05) is 7.11 Å². The number of hydrogen-bond donors (Lipinski definition) is 2. The van der Waals surface area contributed by atoms with Gasteiger partial charge in [0.2, 0.25) is 0 Å². The molecule has 1 heterocycles. The molecular weight excluding hydrogens is 448 g/mol. The minimum absolute atomic E-state index is 0.201. The predicted molar refractivity (Wildman–Crippen MR) is 134 cm³/mol. The van der Waals surface area contributed by atoms with E-state index in [4.69, 9.17) is 4.74 Å². The van der Waals surface area contributed by atoms with Crippen LogP contribution in [0, 0.1) is 13.8 Å². The molecule has 0 aliphatic rings. The van der Waals surface area contributed by atoms with Crippen molar-refractivity contribution in [3.8, 4) is 27.4 Å². The van der Waals surface area contributed by atoms with Crippen LogP contribution in [0.3, 0.4) is 0 Å². The molecule has 0 fully saturated rings. The lowest BCUT2D eigenvalue weighted by atomic mass is 9.97. The zero-order valence-corrected chi connectivity index (χ0v) is 19.9. The van der Waals surface area contributed by atoms with E-state index < -0.39 is 5.97 Å². The number of amides is 1. The smallest absolute Gasteiger partial charge is 0.335 e. The van der Waals surface area contributed by atoms with Crippen molar-refractivity contribution < 1.29 is 19.4 Å². The average molecular weight is 473 g/mol. The number of aryl methyl sites for hydroxylation is 2. The summed E-state index contributed by atoms with van der Waals surface area (Å²) in [5.74, 6) is -0.547. The highest BCUT2D eigenvalue weighted by Crippen LogP contribution is 2.30. The fraction of sp³-hybridized carbons (Fsp3) is 0.148. The monoisotopic (exact) mass is 472 g/mol. The van der Waals surface area contributed by atoms with Crippen molar-refractivity contribution in [3.05, 3.63) is 94.0 Å². The summed E-state index contributed by atoms with van der Waals surface area (Å²) >= 11 is 1.36. The second-order valence-electron chi connectivity index (χ2n) is 7.89. The van der Waals surface area contributed by atoms with E-state index in [1.165, 1.54) is 11.3 Å². The first-order valence-electron chi connectivity index (χ1n) is 10.7. The summed E-state index contributed by atoms with van der Waals surface area (Å²) in [5, 5.41) is 13.1. The number of methoxy groups -OCH3 is 1. The molecule has 172 valence electrons. The quantitative estimate of drug-likeness (QED) is 0.359. The molecule has 34 heavy (non-hydrogen) atoms. The van der Waals surface area contributed by atoms with Crippen molar-refractivity contribution in [1.82, 2.24) is 10.3 Å². The van der Waals surface area contributed by atoms with Crippen LogP contribution in [0.15, 0.2) is 66.7 Å². The number of rotatable bonds is 7. The molecule has 1 amide bonds. The summed E-state index contributed by atoms with van der Waals surface area (Å²) in [4.78, 5) is 29.6. The van der Waals surface area contributed by atoms with Gasteiger partial charge in [0.1, 0.15) is 15.6 Å². The van der Waals surface area contributed by atoms with E-state index >= 15 is 0 Å². The van der Waals surface area contributed by atoms with Crippen LogP contribution in [-0.4, -0.2) is 29.1 Å². The molecule has 0 aliphatic carbocycles. The Morgan fingerprint density at radius 2 is 1.76 bits per heavy atom. The van der Waals surface area contributed by atoms with Crippen LogP contribution >= 0.6 is 11.3 Å². The number of aromatic carboxylic acids is 1. The first kappa shape index (κ1) is 23.2. The zero-order chi connectivity index (χ0) is 24.2. The lowest BCUT2D eigenvalue weighted by molar-refractivity contribution is 0.0696. The maximum absolute atomic E-state index is 13.0. The van der Waals surface area contributed by atoms with E-state index in [1.54, 1.807) is 25.3 Å². The van der Waals surface area contributed by atoms with Gasteiger partial charge in [0.05, 0.1) is 18.4 Å². The lowest BCUT2D eigenvalue weighted by Gasteiger charge is -2.13. The number of nitrogens with one attached hydrogen (secondary N) is 1. The van der Waals surface area contributed by atoms with E-state index in [0.717, 1.165) is 32.8 Å². The van der Waals surface area contributed by atoms with E-state index in [1.807, 2.05) is 62.4 Å². The molecule has 4 aromatic rings. The second kappa shape index (κ2) is 9.89. The molecule has 2 N–H and O–H groups in total.